The highest BCUT2D eigenvalue weighted by Crippen LogP contribution is 2.21. The van der Waals surface area contributed by atoms with Gasteiger partial charge in [0, 0.05) is 6.04 Å². The van der Waals surface area contributed by atoms with E-state index in [2.05, 4.69) is 5.32 Å². The van der Waals surface area contributed by atoms with E-state index >= 15 is 0 Å². The molecule has 0 aliphatic heterocycles. The summed E-state index contributed by atoms with van der Waals surface area (Å²) < 4.78 is 13.8. The standard InChI is InChI=1S/C17H18FNO2/c1-12(10-11-13-6-3-2-4-7-13)19-16-14(17(20)21)8-5-9-15(16)18/h2-9,12,19H,10-11H2,1H3,(H,20,21). The highest BCUT2D eigenvalue weighted by molar-refractivity contribution is 5.94. The van der Waals surface area contributed by atoms with Crippen LogP contribution in [0.2, 0.25) is 0 Å². The van der Waals surface area contributed by atoms with Crippen molar-refractivity contribution < 1.29 is 14.3 Å². The average Bonchev–Trinajstić information content (AvgIpc) is 2.48. The van der Waals surface area contributed by atoms with Crippen LogP contribution >= 0.6 is 0 Å². The SMILES string of the molecule is CC(CCc1ccccc1)Nc1c(F)cccc1C(=O)O. The molecule has 0 aromatic heterocycles. The molecule has 2 aromatic carbocycles. The van der Waals surface area contributed by atoms with Crippen LogP contribution in [0.25, 0.3) is 0 Å². The topological polar surface area (TPSA) is 49.3 Å². The summed E-state index contributed by atoms with van der Waals surface area (Å²) in [7, 11) is 0. The molecule has 0 bridgehead atoms. The summed E-state index contributed by atoms with van der Waals surface area (Å²) in [6.07, 6.45) is 1.64. The first-order valence-electron chi connectivity index (χ1n) is 6.90. The molecule has 0 saturated heterocycles. The summed E-state index contributed by atoms with van der Waals surface area (Å²) in [5.41, 5.74) is 1.23. The number of nitrogens with one attached hydrogen (secondary N) is 1. The van der Waals surface area contributed by atoms with Crippen molar-refractivity contribution in [1.82, 2.24) is 0 Å². The van der Waals surface area contributed by atoms with Crippen LogP contribution in [-0.4, -0.2) is 17.1 Å². The third kappa shape index (κ3) is 4.05. The van der Waals surface area contributed by atoms with Crippen molar-refractivity contribution in [1.29, 1.82) is 0 Å². The average molecular weight is 287 g/mol. The van der Waals surface area contributed by atoms with Crippen molar-refractivity contribution >= 4 is 11.7 Å². The molecule has 1 unspecified atom stereocenters. The molecule has 0 heterocycles. The number of carboxylic acid groups (broad SMARTS) is 1. The van der Waals surface area contributed by atoms with Gasteiger partial charge in [0.15, 0.2) is 0 Å². The largest absolute Gasteiger partial charge is 0.478 e. The van der Waals surface area contributed by atoms with E-state index in [0.717, 1.165) is 12.8 Å². The Balaban J connectivity index is 2.03. The van der Waals surface area contributed by atoms with E-state index in [9.17, 15) is 9.18 Å². The zero-order valence-electron chi connectivity index (χ0n) is 11.8. The monoisotopic (exact) mass is 287 g/mol. The molecule has 2 aromatic rings. The second-order valence-electron chi connectivity index (χ2n) is 5.04. The molecule has 0 radical (unpaired) electrons. The van der Waals surface area contributed by atoms with Crippen LogP contribution in [0, 0.1) is 5.82 Å². The van der Waals surface area contributed by atoms with Crippen molar-refractivity contribution in [3.05, 3.63) is 65.5 Å². The van der Waals surface area contributed by atoms with Crippen LogP contribution in [0.1, 0.15) is 29.3 Å². The molecule has 0 saturated carbocycles. The van der Waals surface area contributed by atoms with Crippen molar-refractivity contribution in [2.24, 2.45) is 0 Å². The maximum atomic E-state index is 13.8. The van der Waals surface area contributed by atoms with Gasteiger partial charge < -0.3 is 10.4 Å². The maximum Gasteiger partial charge on any atom is 0.337 e. The first kappa shape index (κ1) is 15.0. The van der Waals surface area contributed by atoms with Gasteiger partial charge in [0.1, 0.15) is 5.82 Å². The molecule has 1 atom stereocenters. The number of hydrogen-bond donors (Lipinski definition) is 2. The van der Waals surface area contributed by atoms with Gasteiger partial charge in [-0.05, 0) is 37.5 Å². The number of aryl methyl sites for hydroxylation is 1. The lowest BCUT2D eigenvalue weighted by molar-refractivity contribution is 0.0697. The number of para-hydroxylation sites is 1. The second kappa shape index (κ2) is 6.88. The summed E-state index contributed by atoms with van der Waals surface area (Å²) in [6.45, 7) is 1.92. The molecule has 0 amide bonds. The number of benzene rings is 2. The number of carboxylic acids is 1. The molecular formula is C17H18FNO2. The summed E-state index contributed by atoms with van der Waals surface area (Å²) in [5, 5.41) is 12.1. The minimum Gasteiger partial charge on any atom is -0.478 e. The molecule has 2 N–H and O–H groups in total. The van der Waals surface area contributed by atoms with Crippen LogP contribution < -0.4 is 5.32 Å². The highest BCUT2D eigenvalue weighted by atomic mass is 19.1. The predicted octanol–water partition coefficient (Wildman–Crippen LogP) is 3.96. The van der Waals surface area contributed by atoms with Gasteiger partial charge in [-0.1, -0.05) is 36.4 Å². The normalized spacial score (nSPS) is 11.9. The fourth-order valence-corrected chi connectivity index (χ4v) is 2.20. The van der Waals surface area contributed by atoms with Crippen molar-refractivity contribution in [2.75, 3.05) is 5.32 Å². The van der Waals surface area contributed by atoms with E-state index in [1.165, 1.54) is 23.8 Å². The van der Waals surface area contributed by atoms with Gasteiger partial charge in [0.2, 0.25) is 0 Å². The second-order valence-corrected chi connectivity index (χ2v) is 5.04. The third-order valence-electron chi connectivity index (χ3n) is 3.34. The number of hydrogen-bond acceptors (Lipinski definition) is 2. The molecule has 4 heteroatoms. The van der Waals surface area contributed by atoms with Crippen LogP contribution in [-0.2, 0) is 6.42 Å². The van der Waals surface area contributed by atoms with E-state index in [1.807, 2.05) is 37.3 Å². The van der Waals surface area contributed by atoms with E-state index in [0.29, 0.717) is 0 Å². The quantitative estimate of drug-likeness (QED) is 0.845. The van der Waals surface area contributed by atoms with Crippen LogP contribution in [0.5, 0.6) is 0 Å². The summed E-state index contributed by atoms with van der Waals surface area (Å²) in [5.74, 6) is -1.67. The van der Waals surface area contributed by atoms with Gasteiger partial charge in [-0.15, -0.1) is 0 Å². The van der Waals surface area contributed by atoms with Crippen LogP contribution in [0.15, 0.2) is 48.5 Å². The van der Waals surface area contributed by atoms with E-state index in [1.54, 1.807) is 0 Å². The molecule has 0 fully saturated rings. The van der Waals surface area contributed by atoms with Gasteiger partial charge in [-0.3, -0.25) is 0 Å². The smallest absolute Gasteiger partial charge is 0.337 e. The first-order chi connectivity index (χ1) is 10.1. The third-order valence-corrected chi connectivity index (χ3v) is 3.34. The minimum atomic E-state index is -1.13. The Morgan fingerprint density at radius 1 is 1.19 bits per heavy atom. The van der Waals surface area contributed by atoms with Crippen molar-refractivity contribution in [3.63, 3.8) is 0 Å². The molecule has 0 aliphatic carbocycles. The molecule has 0 aliphatic rings. The fraction of sp³-hybridized carbons (Fsp3) is 0.235. The molecule has 110 valence electrons. The van der Waals surface area contributed by atoms with Gasteiger partial charge in [-0.25, -0.2) is 9.18 Å². The van der Waals surface area contributed by atoms with E-state index in [-0.39, 0.29) is 17.3 Å². The Hall–Kier alpha value is -2.36. The number of carbonyl (C=O) groups is 1. The maximum absolute atomic E-state index is 13.8. The van der Waals surface area contributed by atoms with Crippen LogP contribution in [0.4, 0.5) is 10.1 Å². The predicted molar refractivity (Wildman–Crippen MR) is 81.2 cm³/mol. The lowest BCUT2D eigenvalue weighted by Crippen LogP contribution is -2.19. The van der Waals surface area contributed by atoms with Gasteiger partial charge in [0.05, 0.1) is 11.3 Å². The molecule has 0 spiro atoms. The van der Waals surface area contributed by atoms with Crippen molar-refractivity contribution in [2.45, 2.75) is 25.8 Å². The van der Waals surface area contributed by atoms with E-state index in [4.69, 9.17) is 5.11 Å². The van der Waals surface area contributed by atoms with Gasteiger partial charge in [-0.2, -0.15) is 0 Å². The van der Waals surface area contributed by atoms with E-state index < -0.39 is 11.8 Å². The van der Waals surface area contributed by atoms with Gasteiger partial charge >= 0.3 is 5.97 Å². The lowest BCUT2D eigenvalue weighted by Gasteiger charge is -2.17. The van der Waals surface area contributed by atoms with Crippen LogP contribution in [0.3, 0.4) is 0 Å². The number of halogens is 1. The Kier molecular flexibility index (Phi) is 4.93. The Labute approximate surface area is 123 Å². The molecule has 2 rings (SSSR count). The summed E-state index contributed by atoms with van der Waals surface area (Å²) in [6, 6.07) is 14.0. The lowest BCUT2D eigenvalue weighted by atomic mass is 10.1. The zero-order chi connectivity index (χ0) is 15.2. The first-order valence-corrected chi connectivity index (χ1v) is 6.90. The Morgan fingerprint density at radius 3 is 2.57 bits per heavy atom. The fourth-order valence-electron chi connectivity index (χ4n) is 2.20. The molecule has 21 heavy (non-hydrogen) atoms. The number of anilines is 1. The molecule has 3 nitrogen and oxygen atoms in total. The number of aromatic carboxylic acids is 1. The Morgan fingerprint density at radius 2 is 1.90 bits per heavy atom. The zero-order valence-corrected chi connectivity index (χ0v) is 11.8. The van der Waals surface area contributed by atoms with Crippen molar-refractivity contribution in [3.8, 4) is 0 Å². The molecular weight excluding hydrogens is 269 g/mol. The number of rotatable bonds is 6. The Bertz CT molecular complexity index is 613. The minimum absolute atomic E-state index is 0.0276. The van der Waals surface area contributed by atoms with Gasteiger partial charge in [0.25, 0.3) is 0 Å². The summed E-state index contributed by atoms with van der Waals surface area (Å²) >= 11 is 0. The summed E-state index contributed by atoms with van der Waals surface area (Å²) in [4.78, 5) is 11.1. The highest BCUT2D eigenvalue weighted by Gasteiger charge is 2.15.